The SMILES string of the molecule is CC1(NC(=O)C2CCN(C(=O)OC(C)(C)C)CC2)CCS(=O)(=O)C1. The predicted octanol–water partition coefficient (Wildman–Crippen LogP) is 1.33. The average Bonchev–Trinajstić information content (AvgIpc) is 2.70. The highest BCUT2D eigenvalue weighted by molar-refractivity contribution is 7.91. The van der Waals surface area contributed by atoms with Crippen LogP contribution in [-0.4, -0.2) is 61.1 Å². The van der Waals surface area contributed by atoms with Crippen molar-refractivity contribution in [3.63, 3.8) is 0 Å². The van der Waals surface area contributed by atoms with Crippen LogP contribution in [0.5, 0.6) is 0 Å². The molecule has 0 saturated carbocycles. The molecule has 2 aliphatic rings. The van der Waals surface area contributed by atoms with Crippen LogP contribution in [0.15, 0.2) is 0 Å². The second-order valence-corrected chi connectivity index (χ2v) is 10.3. The predicted molar refractivity (Wildman–Crippen MR) is 90.3 cm³/mol. The first-order chi connectivity index (χ1) is 10.9. The van der Waals surface area contributed by atoms with Crippen LogP contribution in [0.4, 0.5) is 4.79 Å². The first-order valence-corrected chi connectivity index (χ1v) is 10.2. The Kier molecular flexibility index (Phi) is 5.18. The molecule has 2 heterocycles. The van der Waals surface area contributed by atoms with Crippen molar-refractivity contribution in [1.82, 2.24) is 10.2 Å². The first kappa shape index (κ1) is 19.0. The Bertz CT molecular complexity index is 602. The summed E-state index contributed by atoms with van der Waals surface area (Å²) in [6.45, 7) is 8.19. The third kappa shape index (κ3) is 5.09. The molecule has 7 nitrogen and oxygen atoms in total. The lowest BCUT2D eigenvalue weighted by molar-refractivity contribution is -0.128. The van der Waals surface area contributed by atoms with Crippen LogP contribution in [0.3, 0.4) is 0 Å². The van der Waals surface area contributed by atoms with E-state index < -0.39 is 21.0 Å². The number of likely N-dealkylation sites (tertiary alicyclic amines) is 1. The van der Waals surface area contributed by atoms with E-state index in [4.69, 9.17) is 4.74 Å². The fraction of sp³-hybridized carbons (Fsp3) is 0.875. The number of piperidine rings is 1. The summed E-state index contributed by atoms with van der Waals surface area (Å²) in [5.41, 5.74) is -1.20. The van der Waals surface area contributed by atoms with Gasteiger partial charge < -0.3 is 15.0 Å². The van der Waals surface area contributed by atoms with Gasteiger partial charge in [-0.3, -0.25) is 4.79 Å². The smallest absolute Gasteiger partial charge is 0.410 e. The van der Waals surface area contributed by atoms with Crippen molar-refractivity contribution in [2.75, 3.05) is 24.6 Å². The molecule has 1 unspecified atom stereocenters. The summed E-state index contributed by atoms with van der Waals surface area (Å²) in [6.07, 6.45) is 1.23. The minimum atomic E-state index is -3.05. The van der Waals surface area contributed by atoms with E-state index in [0.717, 1.165) is 0 Å². The van der Waals surface area contributed by atoms with E-state index in [0.29, 0.717) is 32.4 Å². The first-order valence-electron chi connectivity index (χ1n) is 8.40. The van der Waals surface area contributed by atoms with Gasteiger partial charge in [-0.2, -0.15) is 0 Å². The molecule has 0 aromatic carbocycles. The highest BCUT2D eigenvalue weighted by Gasteiger charge is 2.41. The van der Waals surface area contributed by atoms with Crippen LogP contribution in [0.2, 0.25) is 0 Å². The summed E-state index contributed by atoms with van der Waals surface area (Å²) in [6, 6.07) is 0. The Morgan fingerprint density at radius 1 is 1.21 bits per heavy atom. The largest absolute Gasteiger partial charge is 0.444 e. The van der Waals surface area contributed by atoms with Crippen molar-refractivity contribution in [2.45, 2.75) is 58.1 Å². The number of nitrogens with zero attached hydrogens (tertiary/aromatic N) is 1. The Morgan fingerprint density at radius 2 is 1.79 bits per heavy atom. The Hall–Kier alpha value is -1.31. The van der Waals surface area contributed by atoms with Crippen LogP contribution < -0.4 is 5.32 Å². The van der Waals surface area contributed by atoms with E-state index in [-0.39, 0.29) is 29.4 Å². The van der Waals surface area contributed by atoms with Gasteiger partial charge in [0, 0.05) is 19.0 Å². The highest BCUT2D eigenvalue weighted by atomic mass is 32.2. The molecule has 2 amide bonds. The number of carbonyl (C=O) groups excluding carboxylic acids is 2. The zero-order chi connectivity index (χ0) is 18.2. The Labute approximate surface area is 144 Å². The van der Waals surface area contributed by atoms with E-state index in [9.17, 15) is 18.0 Å². The molecule has 1 N–H and O–H groups in total. The number of rotatable bonds is 2. The van der Waals surface area contributed by atoms with Crippen molar-refractivity contribution in [3.05, 3.63) is 0 Å². The fourth-order valence-corrected chi connectivity index (χ4v) is 5.25. The second kappa shape index (κ2) is 6.54. The van der Waals surface area contributed by atoms with Crippen LogP contribution in [0, 0.1) is 5.92 Å². The lowest BCUT2D eigenvalue weighted by Gasteiger charge is -2.34. The zero-order valence-electron chi connectivity index (χ0n) is 14.9. The van der Waals surface area contributed by atoms with E-state index in [2.05, 4.69) is 5.32 Å². The number of carbonyl (C=O) groups is 2. The van der Waals surface area contributed by atoms with Crippen LogP contribution in [0.1, 0.15) is 47.0 Å². The van der Waals surface area contributed by atoms with E-state index in [1.54, 1.807) is 11.8 Å². The topological polar surface area (TPSA) is 92.8 Å². The minimum absolute atomic E-state index is 0.00247. The number of amides is 2. The maximum atomic E-state index is 12.4. The molecule has 0 aliphatic carbocycles. The third-order valence-corrected chi connectivity index (χ3v) is 6.35. The average molecular weight is 360 g/mol. The number of sulfone groups is 1. The molecule has 1 atom stereocenters. The molecule has 2 rings (SSSR count). The van der Waals surface area contributed by atoms with Gasteiger partial charge in [0.1, 0.15) is 5.60 Å². The summed E-state index contributed by atoms with van der Waals surface area (Å²) in [5, 5.41) is 2.91. The molecule has 8 heteroatoms. The molecular weight excluding hydrogens is 332 g/mol. The maximum Gasteiger partial charge on any atom is 0.410 e. The molecule has 2 aliphatic heterocycles. The van der Waals surface area contributed by atoms with Crippen LogP contribution in [0.25, 0.3) is 0 Å². The van der Waals surface area contributed by atoms with Gasteiger partial charge in [-0.25, -0.2) is 13.2 Å². The molecule has 0 aromatic rings. The Balaban J connectivity index is 1.84. The number of nitrogens with one attached hydrogen (secondary N) is 1. The van der Waals surface area contributed by atoms with Crippen molar-refractivity contribution >= 4 is 21.8 Å². The normalized spacial score (nSPS) is 27.8. The van der Waals surface area contributed by atoms with Gasteiger partial charge in [0.25, 0.3) is 0 Å². The number of hydrogen-bond acceptors (Lipinski definition) is 5. The summed E-state index contributed by atoms with van der Waals surface area (Å²) >= 11 is 0. The van der Waals surface area contributed by atoms with E-state index >= 15 is 0 Å². The van der Waals surface area contributed by atoms with Gasteiger partial charge in [0.15, 0.2) is 9.84 Å². The summed E-state index contributed by atoms with van der Waals surface area (Å²) < 4.78 is 28.6. The van der Waals surface area contributed by atoms with Gasteiger partial charge in [0.2, 0.25) is 5.91 Å². The van der Waals surface area contributed by atoms with Crippen LogP contribution in [-0.2, 0) is 19.4 Å². The lowest BCUT2D eigenvalue weighted by atomic mass is 9.93. The third-order valence-electron chi connectivity index (χ3n) is 4.45. The minimum Gasteiger partial charge on any atom is -0.444 e. The molecule has 2 fully saturated rings. The van der Waals surface area contributed by atoms with Gasteiger partial charge in [-0.05, 0) is 47.0 Å². The summed E-state index contributed by atoms with van der Waals surface area (Å²) in [5.74, 6) is -0.175. The molecular formula is C16H28N2O5S. The summed E-state index contributed by atoms with van der Waals surface area (Å²) in [4.78, 5) is 26.1. The second-order valence-electron chi connectivity index (χ2n) is 8.13. The van der Waals surface area contributed by atoms with Crippen molar-refractivity contribution in [3.8, 4) is 0 Å². The fourth-order valence-electron chi connectivity index (χ4n) is 3.16. The monoisotopic (exact) mass is 360 g/mol. The van der Waals surface area contributed by atoms with Crippen LogP contribution >= 0.6 is 0 Å². The molecule has 24 heavy (non-hydrogen) atoms. The molecule has 0 aromatic heterocycles. The lowest BCUT2D eigenvalue weighted by Crippen LogP contribution is -2.51. The van der Waals surface area contributed by atoms with Gasteiger partial charge in [0.05, 0.1) is 17.0 Å². The van der Waals surface area contributed by atoms with Gasteiger partial charge in [-0.1, -0.05) is 0 Å². The molecule has 0 bridgehead atoms. The Morgan fingerprint density at radius 3 is 2.25 bits per heavy atom. The number of hydrogen-bond donors (Lipinski definition) is 1. The molecule has 0 radical (unpaired) electrons. The van der Waals surface area contributed by atoms with Crippen molar-refractivity contribution < 1.29 is 22.7 Å². The van der Waals surface area contributed by atoms with Gasteiger partial charge >= 0.3 is 6.09 Å². The highest BCUT2D eigenvalue weighted by Crippen LogP contribution is 2.25. The zero-order valence-corrected chi connectivity index (χ0v) is 15.7. The number of ether oxygens (including phenoxy) is 1. The molecule has 0 spiro atoms. The van der Waals surface area contributed by atoms with Crippen molar-refractivity contribution in [2.24, 2.45) is 5.92 Å². The molecule has 138 valence electrons. The molecule has 2 saturated heterocycles. The van der Waals surface area contributed by atoms with E-state index in [1.807, 2.05) is 20.8 Å². The van der Waals surface area contributed by atoms with Crippen molar-refractivity contribution in [1.29, 1.82) is 0 Å². The summed E-state index contributed by atoms with van der Waals surface area (Å²) in [7, 11) is -3.05. The van der Waals surface area contributed by atoms with Gasteiger partial charge in [-0.15, -0.1) is 0 Å². The quantitative estimate of drug-likeness (QED) is 0.802. The maximum absolute atomic E-state index is 12.4. The standard InChI is InChI=1S/C16H28N2O5S/c1-15(2,3)23-14(20)18-8-5-12(6-9-18)13(19)17-16(4)7-10-24(21,22)11-16/h12H,5-11H2,1-4H3,(H,17,19). The van der Waals surface area contributed by atoms with E-state index in [1.165, 1.54) is 0 Å².